The summed E-state index contributed by atoms with van der Waals surface area (Å²) >= 11 is 0. The van der Waals surface area contributed by atoms with Crippen molar-refractivity contribution in [2.24, 2.45) is 5.92 Å². The first kappa shape index (κ1) is 15.3. The van der Waals surface area contributed by atoms with Gasteiger partial charge in [-0.3, -0.25) is 4.72 Å². The highest BCUT2D eigenvalue weighted by molar-refractivity contribution is 7.92. The maximum Gasteiger partial charge on any atom is 0.341 e. The van der Waals surface area contributed by atoms with Crippen molar-refractivity contribution in [2.75, 3.05) is 17.1 Å². The standard InChI is InChI=1S/C12H17NO5S/c1-9(2)8-19(16,17)13-10-5-3-4-6-11(10)18-7-12(14)15/h3-6,9,13H,7-8H2,1-2H3,(H,14,15). The van der Waals surface area contributed by atoms with E-state index in [0.29, 0.717) is 0 Å². The number of hydrogen-bond donors (Lipinski definition) is 2. The molecule has 0 aromatic heterocycles. The fourth-order valence-electron chi connectivity index (χ4n) is 1.46. The molecule has 7 heteroatoms. The fraction of sp³-hybridized carbons (Fsp3) is 0.417. The minimum atomic E-state index is -3.47. The van der Waals surface area contributed by atoms with E-state index < -0.39 is 22.6 Å². The Kier molecular flexibility index (Phi) is 5.17. The number of carboxylic acid groups (broad SMARTS) is 1. The van der Waals surface area contributed by atoms with Crippen molar-refractivity contribution >= 4 is 21.7 Å². The normalized spacial score (nSPS) is 11.3. The van der Waals surface area contributed by atoms with Crippen molar-refractivity contribution in [3.8, 4) is 5.75 Å². The Hall–Kier alpha value is -1.76. The predicted octanol–water partition coefficient (Wildman–Crippen LogP) is 1.55. The molecule has 0 heterocycles. The first-order valence-corrected chi connectivity index (χ1v) is 7.39. The lowest BCUT2D eigenvalue weighted by atomic mass is 10.3. The van der Waals surface area contributed by atoms with E-state index in [0.717, 1.165) is 0 Å². The molecular weight excluding hydrogens is 270 g/mol. The smallest absolute Gasteiger partial charge is 0.341 e. The average Bonchev–Trinajstić information content (AvgIpc) is 2.25. The summed E-state index contributed by atoms with van der Waals surface area (Å²) in [5.41, 5.74) is 0.240. The number of carbonyl (C=O) groups is 1. The molecule has 0 aliphatic rings. The molecule has 106 valence electrons. The second-order valence-corrected chi connectivity index (χ2v) is 6.22. The number of aliphatic carboxylic acids is 1. The molecule has 0 saturated heterocycles. The van der Waals surface area contributed by atoms with Crippen LogP contribution in [-0.2, 0) is 14.8 Å². The predicted molar refractivity (Wildman–Crippen MR) is 71.8 cm³/mol. The van der Waals surface area contributed by atoms with Gasteiger partial charge < -0.3 is 9.84 Å². The molecule has 0 spiro atoms. The summed E-state index contributed by atoms with van der Waals surface area (Å²) in [6.07, 6.45) is 0. The van der Waals surface area contributed by atoms with E-state index >= 15 is 0 Å². The molecule has 0 fully saturated rings. The molecule has 0 amide bonds. The summed E-state index contributed by atoms with van der Waals surface area (Å²) in [6.45, 7) is 3.07. The van der Waals surface area contributed by atoms with Gasteiger partial charge in [0.25, 0.3) is 0 Å². The zero-order valence-corrected chi connectivity index (χ0v) is 11.6. The zero-order valence-electron chi connectivity index (χ0n) is 10.8. The van der Waals surface area contributed by atoms with Gasteiger partial charge in [0.15, 0.2) is 6.61 Å². The van der Waals surface area contributed by atoms with Crippen molar-refractivity contribution in [1.82, 2.24) is 0 Å². The molecule has 1 rings (SSSR count). The van der Waals surface area contributed by atoms with E-state index in [1.807, 2.05) is 0 Å². The van der Waals surface area contributed by atoms with Crippen LogP contribution in [0.25, 0.3) is 0 Å². The first-order chi connectivity index (χ1) is 8.80. The quantitative estimate of drug-likeness (QED) is 0.793. The van der Waals surface area contributed by atoms with E-state index in [2.05, 4.69) is 4.72 Å². The Balaban J connectivity index is 2.86. The Morgan fingerprint density at radius 1 is 1.37 bits per heavy atom. The van der Waals surface area contributed by atoms with Crippen molar-refractivity contribution in [3.05, 3.63) is 24.3 Å². The van der Waals surface area contributed by atoms with Crippen LogP contribution >= 0.6 is 0 Å². The van der Waals surface area contributed by atoms with Crippen LogP contribution in [0.4, 0.5) is 5.69 Å². The van der Waals surface area contributed by atoms with E-state index in [1.54, 1.807) is 26.0 Å². The molecule has 0 atom stereocenters. The van der Waals surface area contributed by atoms with Crippen LogP contribution in [0.5, 0.6) is 5.75 Å². The van der Waals surface area contributed by atoms with E-state index in [4.69, 9.17) is 9.84 Å². The van der Waals surface area contributed by atoms with Crippen molar-refractivity contribution in [3.63, 3.8) is 0 Å². The number of rotatable bonds is 7. The van der Waals surface area contributed by atoms with Gasteiger partial charge in [-0.2, -0.15) is 0 Å². The van der Waals surface area contributed by atoms with Crippen LogP contribution in [0.2, 0.25) is 0 Å². The highest BCUT2D eigenvalue weighted by Crippen LogP contribution is 2.25. The van der Waals surface area contributed by atoms with Gasteiger partial charge in [-0.15, -0.1) is 0 Å². The lowest BCUT2D eigenvalue weighted by Crippen LogP contribution is -2.20. The summed E-state index contributed by atoms with van der Waals surface area (Å²) in [7, 11) is -3.47. The summed E-state index contributed by atoms with van der Waals surface area (Å²) in [5, 5.41) is 8.55. The van der Waals surface area contributed by atoms with Gasteiger partial charge in [-0.05, 0) is 18.1 Å². The van der Waals surface area contributed by atoms with Gasteiger partial charge in [0.1, 0.15) is 5.75 Å². The first-order valence-electron chi connectivity index (χ1n) is 5.74. The molecule has 1 aromatic carbocycles. The summed E-state index contributed by atoms with van der Waals surface area (Å²) in [4.78, 5) is 10.5. The van der Waals surface area contributed by atoms with Crippen molar-refractivity contribution in [2.45, 2.75) is 13.8 Å². The lowest BCUT2D eigenvalue weighted by Gasteiger charge is -2.13. The third kappa shape index (κ3) is 5.60. The summed E-state index contributed by atoms with van der Waals surface area (Å²) < 4.78 is 31.1. The Morgan fingerprint density at radius 3 is 2.58 bits per heavy atom. The average molecular weight is 287 g/mol. The fourth-order valence-corrected chi connectivity index (χ4v) is 2.93. The van der Waals surface area contributed by atoms with E-state index in [-0.39, 0.29) is 23.1 Å². The van der Waals surface area contributed by atoms with Crippen LogP contribution in [-0.4, -0.2) is 31.9 Å². The van der Waals surface area contributed by atoms with Gasteiger partial charge in [0, 0.05) is 0 Å². The van der Waals surface area contributed by atoms with Gasteiger partial charge in [-0.1, -0.05) is 26.0 Å². The van der Waals surface area contributed by atoms with Crippen LogP contribution < -0.4 is 9.46 Å². The molecule has 0 saturated carbocycles. The third-order valence-corrected chi connectivity index (χ3v) is 3.69. The number of para-hydroxylation sites is 2. The van der Waals surface area contributed by atoms with Gasteiger partial charge >= 0.3 is 5.97 Å². The molecule has 6 nitrogen and oxygen atoms in total. The number of anilines is 1. The van der Waals surface area contributed by atoms with Crippen LogP contribution in [0.15, 0.2) is 24.3 Å². The van der Waals surface area contributed by atoms with E-state index in [1.165, 1.54) is 12.1 Å². The SMILES string of the molecule is CC(C)CS(=O)(=O)Nc1ccccc1OCC(=O)O. The largest absolute Gasteiger partial charge is 0.480 e. The number of hydrogen-bond acceptors (Lipinski definition) is 4. The molecule has 0 bridgehead atoms. The summed E-state index contributed by atoms with van der Waals surface area (Å²) in [5.74, 6) is -0.957. The van der Waals surface area contributed by atoms with Crippen LogP contribution in [0, 0.1) is 5.92 Å². The number of benzene rings is 1. The number of nitrogens with one attached hydrogen (secondary N) is 1. The summed E-state index contributed by atoms with van der Waals surface area (Å²) in [6, 6.07) is 6.31. The van der Waals surface area contributed by atoms with E-state index in [9.17, 15) is 13.2 Å². The molecule has 2 N–H and O–H groups in total. The molecule has 0 aliphatic carbocycles. The Bertz CT molecular complexity index is 539. The Labute approximate surface area is 112 Å². The van der Waals surface area contributed by atoms with Crippen molar-refractivity contribution in [1.29, 1.82) is 0 Å². The molecule has 0 aliphatic heterocycles. The topological polar surface area (TPSA) is 92.7 Å². The molecule has 0 unspecified atom stereocenters. The van der Waals surface area contributed by atoms with Gasteiger partial charge in [-0.25, -0.2) is 13.2 Å². The monoisotopic (exact) mass is 287 g/mol. The molecule has 0 radical (unpaired) electrons. The molecule has 1 aromatic rings. The van der Waals surface area contributed by atoms with Gasteiger partial charge in [0.2, 0.25) is 10.0 Å². The van der Waals surface area contributed by atoms with Gasteiger partial charge in [0.05, 0.1) is 11.4 Å². The molecular formula is C12H17NO5S. The molecule has 19 heavy (non-hydrogen) atoms. The minimum absolute atomic E-state index is 0.00963. The highest BCUT2D eigenvalue weighted by atomic mass is 32.2. The van der Waals surface area contributed by atoms with Crippen LogP contribution in [0.1, 0.15) is 13.8 Å². The highest BCUT2D eigenvalue weighted by Gasteiger charge is 2.15. The number of ether oxygens (including phenoxy) is 1. The lowest BCUT2D eigenvalue weighted by molar-refractivity contribution is -0.139. The Morgan fingerprint density at radius 2 is 2.00 bits per heavy atom. The number of carboxylic acids is 1. The van der Waals surface area contributed by atoms with Crippen LogP contribution in [0.3, 0.4) is 0 Å². The second kappa shape index (κ2) is 6.42. The maximum absolute atomic E-state index is 11.8. The second-order valence-electron chi connectivity index (χ2n) is 4.46. The maximum atomic E-state index is 11.8. The van der Waals surface area contributed by atoms with Crippen molar-refractivity contribution < 1.29 is 23.1 Å². The third-order valence-electron chi connectivity index (χ3n) is 2.06. The minimum Gasteiger partial charge on any atom is -0.480 e. The number of sulfonamides is 1. The zero-order chi connectivity index (χ0) is 14.5.